The van der Waals surface area contributed by atoms with Crippen molar-refractivity contribution in [2.75, 3.05) is 37.7 Å². The summed E-state index contributed by atoms with van der Waals surface area (Å²) in [5.74, 6) is 2.59. The largest absolute Gasteiger partial charge is 0.368 e. The van der Waals surface area contributed by atoms with Gasteiger partial charge in [0.1, 0.15) is 29.9 Å². The summed E-state index contributed by atoms with van der Waals surface area (Å²) in [6.45, 7) is 9.54. The number of aromatic nitrogens is 4. The summed E-state index contributed by atoms with van der Waals surface area (Å²) in [5, 5.41) is 0. The van der Waals surface area contributed by atoms with Gasteiger partial charge in [0.05, 0.1) is 5.69 Å². The van der Waals surface area contributed by atoms with Gasteiger partial charge in [0.25, 0.3) is 5.91 Å². The van der Waals surface area contributed by atoms with E-state index >= 15 is 0 Å². The highest BCUT2D eigenvalue weighted by molar-refractivity contribution is 5.81. The zero-order chi connectivity index (χ0) is 19.0. The normalized spacial score (nSPS) is 20.3. The van der Waals surface area contributed by atoms with Crippen molar-refractivity contribution in [3.05, 3.63) is 29.6 Å². The first-order valence-corrected chi connectivity index (χ1v) is 9.55. The molecule has 2 saturated heterocycles. The van der Waals surface area contributed by atoms with Gasteiger partial charge < -0.3 is 14.5 Å². The highest BCUT2D eigenvalue weighted by Crippen LogP contribution is 2.21. The zero-order valence-corrected chi connectivity index (χ0v) is 16.2. The van der Waals surface area contributed by atoms with Crippen LogP contribution in [0.15, 0.2) is 12.4 Å². The van der Waals surface area contributed by atoms with Gasteiger partial charge in [0, 0.05) is 44.5 Å². The molecular formula is C19H26N6O2. The summed E-state index contributed by atoms with van der Waals surface area (Å²) in [5.41, 5.74) is 2.07. The van der Waals surface area contributed by atoms with Crippen molar-refractivity contribution >= 4 is 11.7 Å². The third-order valence-corrected chi connectivity index (χ3v) is 5.43. The Balaban J connectivity index is 1.48. The van der Waals surface area contributed by atoms with E-state index in [0.717, 1.165) is 54.8 Å². The molecule has 2 aliphatic rings. The third-order valence-electron chi connectivity index (χ3n) is 5.43. The van der Waals surface area contributed by atoms with E-state index in [1.54, 1.807) is 6.33 Å². The van der Waals surface area contributed by atoms with Crippen molar-refractivity contribution in [2.45, 2.75) is 39.7 Å². The van der Waals surface area contributed by atoms with E-state index < -0.39 is 0 Å². The Labute approximate surface area is 159 Å². The maximum Gasteiger partial charge on any atom is 0.251 e. The molecule has 0 aromatic carbocycles. The van der Waals surface area contributed by atoms with E-state index in [0.29, 0.717) is 19.7 Å². The van der Waals surface area contributed by atoms with E-state index in [-0.39, 0.29) is 12.0 Å². The van der Waals surface area contributed by atoms with Gasteiger partial charge in [-0.3, -0.25) is 9.36 Å². The monoisotopic (exact) mass is 370 g/mol. The van der Waals surface area contributed by atoms with Crippen LogP contribution in [-0.2, 0) is 9.53 Å². The van der Waals surface area contributed by atoms with Gasteiger partial charge >= 0.3 is 0 Å². The number of aryl methyl sites for hydroxylation is 2. The summed E-state index contributed by atoms with van der Waals surface area (Å²) < 4.78 is 7.53. The van der Waals surface area contributed by atoms with Gasteiger partial charge in [-0.25, -0.2) is 15.0 Å². The number of amides is 1. The third kappa shape index (κ3) is 3.53. The summed E-state index contributed by atoms with van der Waals surface area (Å²) in [6.07, 6.45) is 3.38. The second-order valence-corrected chi connectivity index (χ2v) is 7.23. The predicted molar refractivity (Wildman–Crippen MR) is 101 cm³/mol. The number of anilines is 1. The number of imidazole rings is 1. The summed E-state index contributed by atoms with van der Waals surface area (Å²) in [6, 6.07) is 2.00. The van der Waals surface area contributed by atoms with Crippen LogP contribution in [0, 0.1) is 20.8 Å². The molecular weight excluding hydrogens is 344 g/mol. The average Bonchev–Trinajstić information content (AvgIpc) is 3.32. The van der Waals surface area contributed by atoms with Crippen LogP contribution in [-0.4, -0.2) is 69.2 Å². The number of hydrogen-bond acceptors (Lipinski definition) is 6. The molecule has 0 radical (unpaired) electrons. The molecule has 8 heteroatoms. The Morgan fingerprint density at radius 3 is 2.48 bits per heavy atom. The summed E-state index contributed by atoms with van der Waals surface area (Å²) in [7, 11) is 0. The lowest BCUT2D eigenvalue weighted by atomic mass is 10.2. The van der Waals surface area contributed by atoms with Crippen molar-refractivity contribution in [1.29, 1.82) is 0 Å². The van der Waals surface area contributed by atoms with E-state index in [2.05, 4.69) is 19.9 Å². The minimum atomic E-state index is -0.239. The van der Waals surface area contributed by atoms with E-state index in [9.17, 15) is 4.79 Å². The fourth-order valence-corrected chi connectivity index (χ4v) is 3.68. The molecule has 1 unspecified atom stereocenters. The Kier molecular flexibility index (Phi) is 4.82. The van der Waals surface area contributed by atoms with Crippen LogP contribution < -0.4 is 4.90 Å². The molecule has 2 aromatic rings. The second kappa shape index (κ2) is 7.26. The Morgan fingerprint density at radius 1 is 1.11 bits per heavy atom. The van der Waals surface area contributed by atoms with Gasteiger partial charge in [-0.1, -0.05) is 0 Å². The molecule has 0 N–H and O–H groups in total. The molecule has 2 aromatic heterocycles. The van der Waals surface area contributed by atoms with Gasteiger partial charge in [0.15, 0.2) is 0 Å². The summed E-state index contributed by atoms with van der Waals surface area (Å²) in [4.78, 5) is 30.2. The fraction of sp³-hybridized carbons (Fsp3) is 0.579. The predicted octanol–water partition coefficient (Wildman–Crippen LogP) is 1.42. The molecule has 4 heterocycles. The lowest BCUT2D eigenvalue weighted by Crippen LogP contribution is -2.51. The molecule has 2 aliphatic heterocycles. The average molecular weight is 370 g/mol. The highest BCUT2D eigenvalue weighted by Gasteiger charge is 2.30. The summed E-state index contributed by atoms with van der Waals surface area (Å²) >= 11 is 0. The molecule has 27 heavy (non-hydrogen) atoms. The lowest BCUT2D eigenvalue weighted by Gasteiger charge is -2.36. The standard InChI is InChI=1S/C19H26N6O2/c1-13-14(2)25(12-20-13)18-11-17(21-15(3)22-18)23-6-8-24(9-7-23)19(26)16-5-4-10-27-16/h11-12,16H,4-10H2,1-3H3. The van der Waals surface area contributed by atoms with Crippen molar-refractivity contribution in [3.63, 3.8) is 0 Å². The molecule has 0 aliphatic carbocycles. The van der Waals surface area contributed by atoms with Gasteiger partial charge in [-0.15, -0.1) is 0 Å². The van der Waals surface area contributed by atoms with Crippen LogP contribution in [0.5, 0.6) is 0 Å². The number of carbonyl (C=O) groups excluding carboxylic acids is 1. The van der Waals surface area contributed by atoms with E-state index in [1.165, 1.54) is 0 Å². The fourth-order valence-electron chi connectivity index (χ4n) is 3.68. The van der Waals surface area contributed by atoms with Crippen molar-refractivity contribution in [2.24, 2.45) is 0 Å². The Morgan fingerprint density at radius 2 is 1.85 bits per heavy atom. The second-order valence-electron chi connectivity index (χ2n) is 7.23. The molecule has 4 rings (SSSR count). The van der Waals surface area contributed by atoms with Crippen LogP contribution in [0.4, 0.5) is 5.82 Å². The topological polar surface area (TPSA) is 76.4 Å². The smallest absolute Gasteiger partial charge is 0.251 e. The number of carbonyl (C=O) groups is 1. The number of piperazine rings is 1. The SMILES string of the molecule is Cc1nc(N2CCN(C(=O)C3CCCO3)CC2)cc(-n2cnc(C)c2C)n1. The number of rotatable bonds is 3. The molecule has 144 valence electrons. The van der Waals surface area contributed by atoms with E-state index in [4.69, 9.17) is 4.74 Å². The highest BCUT2D eigenvalue weighted by atomic mass is 16.5. The first-order valence-electron chi connectivity index (χ1n) is 9.55. The van der Waals surface area contributed by atoms with Crippen LogP contribution in [0.1, 0.15) is 30.1 Å². The molecule has 1 amide bonds. The zero-order valence-electron chi connectivity index (χ0n) is 16.2. The quantitative estimate of drug-likeness (QED) is 0.813. The molecule has 0 bridgehead atoms. The van der Waals surface area contributed by atoms with Crippen LogP contribution >= 0.6 is 0 Å². The molecule has 0 spiro atoms. The number of nitrogens with zero attached hydrogens (tertiary/aromatic N) is 6. The number of hydrogen-bond donors (Lipinski definition) is 0. The lowest BCUT2D eigenvalue weighted by molar-refractivity contribution is -0.141. The first-order chi connectivity index (χ1) is 13.0. The van der Waals surface area contributed by atoms with Crippen LogP contribution in [0.2, 0.25) is 0 Å². The van der Waals surface area contributed by atoms with Gasteiger partial charge in [-0.05, 0) is 33.6 Å². The molecule has 0 saturated carbocycles. The molecule has 8 nitrogen and oxygen atoms in total. The molecule has 1 atom stereocenters. The first kappa shape index (κ1) is 17.9. The van der Waals surface area contributed by atoms with Crippen LogP contribution in [0.25, 0.3) is 5.82 Å². The van der Waals surface area contributed by atoms with Crippen molar-refractivity contribution in [3.8, 4) is 5.82 Å². The minimum Gasteiger partial charge on any atom is -0.368 e. The van der Waals surface area contributed by atoms with Gasteiger partial charge in [-0.2, -0.15) is 0 Å². The molecule has 2 fully saturated rings. The Bertz CT molecular complexity index is 835. The van der Waals surface area contributed by atoms with Crippen molar-refractivity contribution < 1.29 is 9.53 Å². The Hall–Kier alpha value is -2.48. The van der Waals surface area contributed by atoms with E-state index in [1.807, 2.05) is 36.3 Å². The minimum absolute atomic E-state index is 0.135. The maximum atomic E-state index is 12.5. The number of ether oxygens (including phenoxy) is 1. The van der Waals surface area contributed by atoms with Crippen molar-refractivity contribution in [1.82, 2.24) is 24.4 Å². The maximum absolute atomic E-state index is 12.5. The van der Waals surface area contributed by atoms with Gasteiger partial charge in [0.2, 0.25) is 0 Å². The van der Waals surface area contributed by atoms with Crippen LogP contribution in [0.3, 0.4) is 0 Å².